The van der Waals surface area contributed by atoms with Gasteiger partial charge in [0.05, 0.1) is 12.2 Å². The SMILES string of the molecule is CC(NS(=O)(=O)c1ccn[nH]1)c1ncn[nH]1. The van der Waals surface area contributed by atoms with E-state index >= 15 is 0 Å². The van der Waals surface area contributed by atoms with E-state index in [4.69, 9.17) is 0 Å². The van der Waals surface area contributed by atoms with Crippen LogP contribution in [0.4, 0.5) is 0 Å². The van der Waals surface area contributed by atoms with Gasteiger partial charge < -0.3 is 0 Å². The summed E-state index contributed by atoms with van der Waals surface area (Å²) in [6.45, 7) is 1.66. The molecule has 2 heterocycles. The highest BCUT2D eigenvalue weighted by Gasteiger charge is 2.20. The predicted molar refractivity (Wildman–Crippen MR) is 53.7 cm³/mol. The van der Waals surface area contributed by atoms with Gasteiger partial charge in [-0.05, 0) is 13.0 Å². The van der Waals surface area contributed by atoms with Crippen LogP contribution < -0.4 is 4.72 Å². The molecule has 0 aliphatic heterocycles. The third-order valence-electron chi connectivity index (χ3n) is 1.94. The highest BCUT2D eigenvalue weighted by atomic mass is 32.2. The van der Waals surface area contributed by atoms with Crippen LogP contribution in [0.25, 0.3) is 0 Å². The van der Waals surface area contributed by atoms with E-state index in [9.17, 15) is 8.42 Å². The molecule has 8 nitrogen and oxygen atoms in total. The number of aromatic nitrogens is 5. The van der Waals surface area contributed by atoms with E-state index < -0.39 is 16.1 Å². The predicted octanol–water partition coefficient (Wildman–Crippen LogP) is -0.433. The standard InChI is InChI=1S/C7H10N6O2S/c1-5(7-8-4-10-12-7)13-16(14,15)6-2-3-9-11-6/h2-5,13H,1H3,(H,9,11)(H,8,10,12). The molecule has 0 saturated heterocycles. The summed E-state index contributed by atoms with van der Waals surface area (Å²) >= 11 is 0. The second-order valence-electron chi connectivity index (χ2n) is 3.13. The second kappa shape index (κ2) is 4.02. The van der Waals surface area contributed by atoms with Crippen LogP contribution in [0.1, 0.15) is 18.8 Å². The summed E-state index contributed by atoms with van der Waals surface area (Å²) in [7, 11) is -3.60. The molecule has 3 N–H and O–H groups in total. The highest BCUT2D eigenvalue weighted by Crippen LogP contribution is 2.10. The first-order valence-corrected chi connectivity index (χ1v) is 5.95. The first-order valence-electron chi connectivity index (χ1n) is 4.46. The fourth-order valence-electron chi connectivity index (χ4n) is 1.17. The summed E-state index contributed by atoms with van der Waals surface area (Å²) < 4.78 is 25.9. The highest BCUT2D eigenvalue weighted by molar-refractivity contribution is 7.89. The van der Waals surface area contributed by atoms with Gasteiger partial charge in [-0.3, -0.25) is 10.2 Å². The number of H-pyrrole nitrogens is 2. The molecule has 0 radical (unpaired) electrons. The Morgan fingerprint density at radius 2 is 2.19 bits per heavy atom. The van der Waals surface area contributed by atoms with Crippen molar-refractivity contribution >= 4 is 10.0 Å². The molecular formula is C7H10N6O2S. The Balaban J connectivity index is 2.16. The zero-order chi connectivity index (χ0) is 11.6. The van der Waals surface area contributed by atoms with Crippen molar-refractivity contribution in [2.75, 3.05) is 0 Å². The van der Waals surface area contributed by atoms with Crippen LogP contribution in [0.15, 0.2) is 23.6 Å². The van der Waals surface area contributed by atoms with Gasteiger partial charge in [-0.15, -0.1) is 0 Å². The summed E-state index contributed by atoms with van der Waals surface area (Å²) in [5.41, 5.74) is 0. The molecule has 0 aliphatic rings. The van der Waals surface area contributed by atoms with E-state index in [1.165, 1.54) is 18.6 Å². The van der Waals surface area contributed by atoms with Crippen LogP contribution in [0.3, 0.4) is 0 Å². The normalized spacial score (nSPS) is 13.8. The van der Waals surface area contributed by atoms with E-state index in [-0.39, 0.29) is 5.03 Å². The molecule has 0 aromatic carbocycles. The molecule has 9 heteroatoms. The first kappa shape index (κ1) is 10.8. The van der Waals surface area contributed by atoms with Crippen LogP contribution >= 0.6 is 0 Å². The number of hydrogen-bond acceptors (Lipinski definition) is 5. The molecule has 1 atom stereocenters. The number of hydrogen-bond donors (Lipinski definition) is 3. The Kier molecular flexibility index (Phi) is 2.71. The Morgan fingerprint density at radius 3 is 2.75 bits per heavy atom. The van der Waals surface area contributed by atoms with Crippen molar-refractivity contribution in [2.45, 2.75) is 18.0 Å². The summed E-state index contributed by atoms with van der Waals surface area (Å²) in [4.78, 5) is 3.86. The molecule has 1 unspecified atom stereocenters. The monoisotopic (exact) mass is 242 g/mol. The molecule has 16 heavy (non-hydrogen) atoms. The molecule has 0 spiro atoms. The average Bonchev–Trinajstić information content (AvgIpc) is 2.91. The van der Waals surface area contributed by atoms with Crippen LogP contribution in [0.2, 0.25) is 0 Å². The van der Waals surface area contributed by atoms with E-state index in [1.807, 2.05) is 0 Å². The van der Waals surface area contributed by atoms with Crippen molar-refractivity contribution in [3.05, 3.63) is 24.4 Å². The maximum atomic E-state index is 11.8. The summed E-state index contributed by atoms with van der Waals surface area (Å²) in [6.07, 6.45) is 2.68. The van der Waals surface area contributed by atoms with Gasteiger partial charge in [0.2, 0.25) is 0 Å². The number of rotatable bonds is 4. The van der Waals surface area contributed by atoms with E-state index in [2.05, 4.69) is 30.1 Å². The number of sulfonamides is 1. The minimum atomic E-state index is -3.60. The molecule has 0 amide bonds. The molecule has 0 bridgehead atoms. The summed E-state index contributed by atoms with van der Waals surface area (Å²) in [6, 6.07) is 0.880. The number of aromatic amines is 2. The van der Waals surface area contributed by atoms with E-state index in [0.717, 1.165) is 0 Å². The molecule has 2 rings (SSSR count). The van der Waals surface area contributed by atoms with Crippen LogP contribution in [-0.4, -0.2) is 33.8 Å². The molecular weight excluding hydrogens is 232 g/mol. The first-order chi connectivity index (χ1) is 7.59. The number of nitrogens with one attached hydrogen (secondary N) is 3. The third-order valence-corrected chi connectivity index (χ3v) is 3.41. The quantitative estimate of drug-likeness (QED) is 0.672. The molecule has 0 aliphatic carbocycles. The lowest BCUT2D eigenvalue weighted by molar-refractivity contribution is 0.556. The van der Waals surface area contributed by atoms with Crippen molar-refractivity contribution in [3.8, 4) is 0 Å². The Bertz CT molecular complexity index is 531. The molecule has 2 aromatic heterocycles. The van der Waals surface area contributed by atoms with Crippen molar-refractivity contribution in [2.24, 2.45) is 0 Å². The van der Waals surface area contributed by atoms with Gasteiger partial charge in [0.1, 0.15) is 12.2 Å². The summed E-state index contributed by atoms with van der Waals surface area (Å²) in [5.74, 6) is 0.447. The lowest BCUT2D eigenvalue weighted by Crippen LogP contribution is -2.27. The van der Waals surface area contributed by atoms with E-state index in [0.29, 0.717) is 5.82 Å². The Morgan fingerprint density at radius 1 is 1.38 bits per heavy atom. The van der Waals surface area contributed by atoms with Gasteiger partial charge >= 0.3 is 0 Å². The molecule has 0 saturated carbocycles. The Labute approximate surface area is 91.5 Å². The molecule has 86 valence electrons. The van der Waals surface area contributed by atoms with Crippen molar-refractivity contribution < 1.29 is 8.42 Å². The topological polar surface area (TPSA) is 116 Å². The van der Waals surface area contributed by atoms with Gasteiger partial charge in [0, 0.05) is 0 Å². The van der Waals surface area contributed by atoms with Gasteiger partial charge in [-0.2, -0.15) is 14.9 Å². The maximum Gasteiger partial charge on any atom is 0.258 e. The fraction of sp³-hybridized carbons (Fsp3) is 0.286. The Hall–Kier alpha value is -1.74. The fourth-order valence-corrected chi connectivity index (χ4v) is 2.29. The lowest BCUT2D eigenvalue weighted by atomic mass is 10.3. The van der Waals surface area contributed by atoms with Crippen LogP contribution in [0.5, 0.6) is 0 Å². The lowest BCUT2D eigenvalue weighted by Gasteiger charge is -2.09. The smallest absolute Gasteiger partial charge is 0.258 e. The average molecular weight is 242 g/mol. The minimum Gasteiger partial charge on any atom is -0.266 e. The maximum absolute atomic E-state index is 11.8. The minimum absolute atomic E-state index is 0.0128. The van der Waals surface area contributed by atoms with Crippen molar-refractivity contribution in [1.82, 2.24) is 30.1 Å². The zero-order valence-electron chi connectivity index (χ0n) is 8.38. The summed E-state index contributed by atoms with van der Waals surface area (Å²) in [5, 5.41) is 12.2. The van der Waals surface area contributed by atoms with Crippen molar-refractivity contribution in [3.63, 3.8) is 0 Å². The van der Waals surface area contributed by atoms with Crippen molar-refractivity contribution in [1.29, 1.82) is 0 Å². The van der Waals surface area contributed by atoms with Gasteiger partial charge in [-0.25, -0.2) is 13.4 Å². The third kappa shape index (κ3) is 2.09. The van der Waals surface area contributed by atoms with Gasteiger partial charge in [0.15, 0.2) is 5.03 Å². The van der Waals surface area contributed by atoms with E-state index in [1.54, 1.807) is 6.92 Å². The zero-order valence-corrected chi connectivity index (χ0v) is 9.19. The number of nitrogens with zero attached hydrogens (tertiary/aromatic N) is 3. The molecule has 0 fully saturated rings. The molecule has 2 aromatic rings. The van der Waals surface area contributed by atoms with Crippen LogP contribution in [0, 0.1) is 0 Å². The van der Waals surface area contributed by atoms with Gasteiger partial charge in [0.25, 0.3) is 10.0 Å². The van der Waals surface area contributed by atoms with Gasteiger partial charge in [-0.1, -0.05) is 0 Å². The largest absolute Gasteiger partial charge is 0.266 e. The second-order valence-corrected chi connectivity index (χ2v) is 4.82. The van der Waals surface area contributed by atoms with Crippen LogP contribution in [-0.2, 0) is 10.0 Å².